The molecule has 0 aliphatic carbocycles. The van der Waals surface area contributed by atoms with E-state index in [1.54, 1.807) is 34.4 Å². The number of fused-ring (bicyclic) bond motifs is 1. The lowest BCUT2D eigenvalue weighted by atomic mass is 10.4. The minimum Gasteiger partial charge on any atom is -0.252 e. The number of aromatic nitrogens is 3. The van der Waals surface area contributed by atoms with E-state index in [0.29, 0.717) is 0 Å². The lowest BCUT2D eigenvalue weighted by Crippen LogP contribution is -1.84. The average Bonchev–Trinajstić information content (AvgIpc) is 2.88. The van der Waals surface area contributed by atoms with Crippen LogP contribution in [0.25, 0.3) is 20.9 Å². The fourth-order valence-corrected chi connectivity index (χ4v) is 2.46. The molecule has 0 aromatic carbocycles. The zero-order chi connectivity index (χ0) is 9.38. The molecule has 0 bridgehead atoms. The molecule has 0 amide bonds. The molecular formula is C9H5N3S2. The van der Waals surface area contributed by atoms with Crippen molar-refractivity contribution in [2.24, 2.45) is 0 Å². The highest BCUT2D eigenvalue weighted by molar-refractivity contribution is 7.17. The smallest absolute Gasteiger partial charge is 0.171 e. The number of thiazole rings is 1. The van der Waals surface area contributed by atoms with Crippen molar-refractivity contribution in [1.82, 2.24) is 15.0 Å². The molecule has 68 valence electrons. The largest absolute Gasteiger partial charge is 0.252 e. The van der Waals surface area contributed by atoms with Crippen LogP contribution < -0.4 is 0 Å². The van der Waals surface area contributed by atoms with Gasteiger partial charge >= 0.3 is 0 Å². The van der Waals surface area contributed by atoms with Gasteiger partial charge in [-0.25, -0.2) is 9.97 Å². The monoisotopic (exact) mass is 219 g/mol. The lowest BCUT2D eigenvalue weighted by molar-refractivity contribution is 1.24. The first-order valence-electron chi connectivity index (χ1n) is 4.02. The van der Waals surface area contributed by atoms with Gasteiger partial charge in [0.1, 0.15) is 0 Å². The third kappa shape index (κ3) is 1.21. The summed E-state index contributed by atoms with van der Waals surface area (Å²) in [7, 11) is 0. The van der Waals surface area contributed by atoms with Gasteiger partial charge in [-0.15, -0.1) is 22.7 Å². The Kier molecular flexibility index (Phi) is 1.78. The molecule has 0 fully saturated rings. The summed E-state index contributed by atoms with van der Waals surface area (Å²) in [5, 5.41) is 2.02. The van der Waals surface area contributed by atoms with E-state index < -0.39 is 0 Å². The van der Waals surface area contributed by atoms with E-state index in [1.807, 2.05) is 17.6 Å². The fraction of sp³-hybridized carbons (Fsp3) is 0. The van der Waals surface area contributed by atoms with Crippen molar-refractivity contribution in [3.05, 3.63) is 29.4 Å². The van der Waals surface area contributed by atoms with Crippen molar-refractivity contribution in [2.75, 3.05) is 0 Å². The van der Waals surface area contributed by atoms with Crippen molar-refractivity contribution < 1.29 is 0 Å². The van der Waals surface area contributed by atoms with Crippen molar-refractivity contribution in [1.29, 1.82) is 0 Å². The molecule has 3 aromatic rings. The van der Waals surface area contributed by atoms with Gasteiger partial charge in [0.25, 0.3) is 0 Å². The molecule has 0 N–H and O–H groups in total. The predicted octanol–water partition coefficient (Wildman–Crippen LogP) is 2.81. The minimum absolute atomic E-state index is 0.762. The summed E-state index contributed by atoms with van der Waals surface area (Å²) in [5.41, 5.74) is 2.80. The van der Waals surface area contributed by atoms with Crippen LogP contribution in [0.4, 0.5) is 0 Å². The molecule has 0 unspecified atom stereocenters. The van der Waals surface area contributed by atoms with Crippen molar-refractivity contribution >= 4 is 32.9 Å². The van der Waals surface area contributed by atoms with Crippen LogP contribution in [0.1, 0.15) is 0 Å². The SMILES string of the molecule is c1ncc(-c2ncc3sccc3n2)s1. The molecule has 0 saturated heterocycles. The van der Waals surface area contributed by atoms with Crippen molar-refractivity contribution in [3.63, 3.8) is 0 Å². The van der Waals surface area contributed by atoms with Crippen LogP contribution in [0.15, 0.2) is 29.4 Å². The van der Waals surface area contributed by atoms with Gasteiger partial charge in [-0.3, -0.25) is 4.98 Å². The van der Waals surface area contributed by atoms with Crippen LogP contribution in [0.5, 0.6) is 0 Å². The molecule has 3 nitrogen and oxygen atoms in total. The molecule has 3 heterocycles. The number of thiophene rings is 1. The first-order chi connectivity index (χ1) is 6.93. The van der Waals surface area contributed by atoms with Crippen molar-refractivity contribution in [2.45, 2.75) is 0 Å². The summed E-state index contributed by atoms with van der Waals surface area (Å²) in [4.78, 5) is 13.8. The summed E-state index contributed by atoms with van der Waals surface area (Å²) >= 11 is 3.21. The Bertz CT molecular complexity index is 556. The summed E-state index contributed by atoms with van der Waals surface area (Å²) in [6.07, 6.45) is 3.65. The molecule has 3 rings (SSSR count). The Morgan fingerprint density at radius 1 is 1.14 bits per heavy atom. The van der Waals surface area contributed by atoms with Crippen LogP contribution in [0.2, 0.25) is 0 Å². The Labute approximate surface area is 88.1 Å². The van der Waals surface area contributed by atoms with Crippen LogP contribution >= 0.6 is 22.7 Å². The van der Waals surface area contributed by atoms with E-state index in [4.69, 9.17) is 0 Å². The third-order valence-corrected chi connectivity index (χ3v) is 3.47. The lowest BCUT2D eigenvalue weighted by Gasteiger charge is -1.93. The Morgan fingerprint density at radius 3 is 3.00 bits per heavy atom. The van der Waals surface area contributed by atoms with Gasteiger partial charge < -0.3 is 0 Å². The standard InChI is InChI=1S/C9H5N3S2/c1-2-13-7-4-11-9(12-6(1)7)8-3-10-5-14-8/h1-5H. The average molecular weight is 219 g/mol. The Balaban J connectivity index is 2.23. The van der Waals surface area contributed by atoms with Gasteiger partial charge in [0.05, 0.1) is 20.6 Å². The van der Waals surface area contributed by atoms with Gasteiger partial charge in [-0.1, -0.05) is 0 Å². The molecule has 0 aliphatic rings. The first-order valence-corrected chi connectivity index (χ1v) is 5.78. The van der Waals surface area contributed by atoms with Gasteiger partial charge in [-0.2, -0.15) is 0 Å². The number of hydrogen-bond donors (Lipinski definition) is 0. The molecule has 0 aliphatic heterocycles. The second-order valence-electron chi connectivity index (χ2n) is 2.73. The molecular weight excluding hydrogens is 214 g/mol. The topological polar surface area (TPSA) is 38.7 Å². The van der Waals surface area contributed by atoms with Crippen LogP contribution in [0.3, 0.4) is 0 Å². The summed E-state index contributed by atoms with van der Waals surface area (Å²) in [6, 6.07) is 2.01. The molecule has 14 heavy (non-hydrogen) atoms. The summed E-state index contributed by atoms with van der Waals surface area (Å²) in [6.45, 7) is 0. The highest BCUT2D eigenvalue weighted by atomic mass is 32.1. The van der Waals surface area contributed by atoms with E-state index in [2.05, 4.69) is 15.0 Å². The zero-order valence-corrected chi connectivity index (χ0v) is 8.68. The number of rotatable bonds is 1. The Hall–Kier alpha value is -1.33. The molecule has 0 spiro atoms. The number of hydrogen-bond acceptors (Lipinski definition) is 5. The molecule has 5 heteroatoms. The predicted molar refractivity (Wildman–Crippen MR) is 58.5 cm³/mol. The minimum atomic E-state index is 0.762. The molecule has 3 aromatic heterocycles. The zero-order valence-electron chi connectivity index (χ0n) is 7.04. The highest BCUT2D eigenvalue weighted by Crippen LogP contribution is 2.23. The molecule has 0 atom stereocenters. The quantitative estimate of drug-likeness (QED) is 0.631. The normalized spacial score (nSPS) is 10.9. The van der Waals surface area contributed by atoms with Crippen molar-refractivity contribution in [3.8, 4) is 10.7 Å². The van der Waals surface area contributed by atoms with Gasteiger partial charge in [0.15, 0.2) is 5.82 Å². The van der Waals surface area contributed by atoms with E-state index in [1.165, 1.54) is 0 Å². The van der Waals surface area contributed by atoms with E-state index >= 15 is 0 Å². The fourth-order valence-electron chi connectivity index (χ4n) is 1.21. The maximum absolute atomic E-state index is 4.45. The van der Waals surface area contributed by atoms with E-state index in [0.717, 1.165) is 20.9 Å². The first kappa shape index (κ1) is 8.02. The third-order valence-electron chi connectivity index (χ3n) is 1.86. The second kappa shape index (κ2) is 3.11. The van der Waals surface area contributed by atoms with Gasteiger partial charge in [0, 0.05) is 12.4 Å². The summed E-state index contributed by atoms with van der Waals surface area (Å²) in [5.74, 6) is 0.762. The molecule has 0 radical (unpaired) electrons. The van der Waals surface area contributed by atoms with Gasteiger partial charge in [-0.05, 0) is 11.4 Å². The number of nitrogens with zero attached hydrogens (tertiary/aromatic N) is 3. The maximum Gasteiger partial charge on any atom is 0.171 e. The maximum atomic E-state index is 4.45. The van der Waals surface area contributed by atoms with E-state index in [9.17, 15) is 0 Å². The van der Waals surface area contributed by atoms with E-state index in [-0.39, 0.29) is 0 Å². The highest BCUT2D eigenvalue weighted by Gasteiger charge is 2.04. The molecule has 0 saturated carbocycles. The van der Waals surface area contributed by atoms with Crippen LogP contribution in [0, 0.1) is 0 Å². The Morgan fingerprint density at radius 2 is 2.14 bits per heavy atom. The van der Waals surface area contributed by atoms with Crippen LogP contribution in [-0.4, -0.2) is 15.0 Å². The van der Waals surface area contributed by atoms with Crippen LogP contribution in [-0.2, 0) is 0 Å². The van der Waals surface area contributed by atoms with Gasteiger partial charge in [0.2, 0.25) is 0 Å². The summed E-state index contributed by atoms with van der Waals surface area (Å²) < 4.78 is 1.12. The second-order valence-corrected chi connectivity index (χ2v) is 4.56.